The van der Waals surface area contributed by atoms with Crippen LogP contribution in [0.5, 0.6) is 0 Å². The number of nitrogens with one attached hydrogen (secondary N) is 1. The Hall–Kier alpha value is -2.83. The van der Waals surface area contributed by atoms with E-state index in [1.165, 1.54) is 18.3 Å². The van der Waals surface area contributed by atoms with Gasteiger partial charge < -0.3 is 10.4 Å². The molecule has 0 aliphatic heterocycles. The molecule has 20 heavy (non-hydrogen) atoms. The zero-order valence-electron chi connectivity index (χ0n) is 9.93. The van der Waals surface area contributed by atoms with Gasteiger partial charge in [-0.15, -0.1) is 0 Å². The molecule has 0 spiro atoms. The van der Waals surface area contributed by atoms with Gasteiger partial charge in [0.15, 0.2) is 5.69 Å². The first kappa shape index (κ1) is 13.6. The highest BCUT2D eigenvalue weighted by Gasteiger charge is 2.17. The maximum absolute atomic E-state index is 13.4. The van der Waals surface area contributed by atoms with Crippen molar-refractivity contribution < 1.29 is 23.5 Å². The predicted octanol–water partition coefficient (Wildman–Crippen LogP) is 2.31. The van der Waals surface area contributed by atoms with E-state index in [1.54, 1.807) is 0 Å². The summed E-state index contributed by atoms with van der Waals surface area (Å²) < 4.78 is 26.2. The maximum Gasteiger partial charge on any atom is 0.356 e. The molecule has 0 aliphatic rings. The number of halogens is 2. The van der Waals surface area contributed by atoms with Gasteiger partial charge in [-0.1, -0.05) is 0 Å². The molecule has 1 heterocycles. The fraction of sp³-hybridized carbons (Fsp3) is 0. The van der Waals surface area contributed by atoms with E-state index in [4.69, 9.17) is 5.11 Å². The second-order valence-electron chi connectivity index (χ2n) is 3.78. The molecule has 0 saturated heterocycles. The minimum absolute atomic E-state index is 0.0753. The number of aromatic nitrogens is 1. The number of carbonyl (C=O) groups is 2. The molecule has 2 aromatic rings. The highest BCUT2D eigenvalue weighted by atomic mass is 19.1. The van der Waals surface area contributed by atoms with Gasteiger partial charge in [0.1, 0.15) is 11.6 Å². The van der Waals surface area contributed by atoms with Crippen molar-refractivity contribution in [2.75, 3.05) is 5.32 Å². The van der Waals surface area contributed by atoms with E-state index in [0.29, 0.717) is 6.07 Å². The summed E-state index contributed by atoms with van der Waals surface area (Å²) in [5.41, 5.74) is -0.844. The first-order valence-electron chi connectivity index (χ1n) is 5.44. The Kier molecular flexibility index (Phi) is 3.69. The van der Waals surface area contributed by atoms with Gasteiger partial charge in [0.25, 0.3) is 5.91 Å². The largest absolute Gasteiger partial charge is 0.476 e. The first-order valence-corrected chi connectivity index (χ1v) is 5.44. The van der Waals surface area contributed by atoms with Crippen LogP contribution in [-0.2, 0) is 0 Å². The van der Waals surface area contributed by atoms with Gasteiger partial charge in [-0.2, -0.15) is 0 Å². The zero-order chi connectivity index (χ0) is 14.7. The lowest BCUT2D eigenvalue weighted by molar-refractivity contribution is 0.0691. The van der Waals surface area contributed by atoms with Gasteiger partial charge in [0.05, 0.1) is 11.3 Å². The van der Waals surface area contributed by atoms with Crippen LogP contribution in [0, 0.1) is 11.6 Å². The van der Waals surface area contributed by atoms with E-state index < -0.39 is 29.1 Å². The molecule has 2 rings (SSSR count). The van der Waals surface area contributed by atoms with Crippen molar-refractivity contribution in [1.82, 2.24) is 4.98 Å². The number of amides is 1. The van der Waals surface area contributed by atoms with Crippen molar-refractivity contribution in [3.63, 3.8) is 0 Å². The number of rotatable bonds is 3. The van der Waals surface area contributed by atoms with E-state index in [-0.39, 0.29) is 11.4 Å². The number of nitrogens with zero attached hydrogens (tertiary/aromatic N) is 1. The summed E-state index contributed by atoms with van der Waals surface area (Å²) in [4.78, 5) is 26.3. The van der Waals surface area contributed by atoms with Gasteiger partial charge >= 0.3 is 5.97 Å². The molecule has 7 heteroatoms. The molecular formula is C13H8F2N2O3. The Labute approximate surface area is 111 Å². The van der Waals surface area contributed by atoms with Crippen LogP contribution in [0.25, 0.3) is 0 Å². The van der Waals surface area contributed by atoms with Crippen molar-refractivity contribution in [1.29, 1.82) is 0 Å². The molecule has 0 bridgehead atoms. The highest BCUT2D eigenvalue weighted by Crippen LogP contribution is 2.16. The summed E-state index contributed by atoms with van der Waals surface area (Å²) in [6.07, 6.45) is 1.25. The molecule has 5 nitrogen and oxygen atoms in total. The number of pyridine rings is 1. The summed E-state index contributed by atoms with van der Waals surface area (Å²) in [5.74, 6) is -4.08. The normalized spacial score (nSPS) is 10.1. The SMILES string of the molecule is O=C(Nc1cccnc1C(=O)O)c1ccc(F)cc1F. The van der Waals surface area contributed by atoms with Crippen LogP contribution in [0.1, 0.15) is 20.8 Å². The zero-order valence-corrected chi connectivity index (χ0v) is 9.93. The standard InChI is InChI=1S/C13H8F2N2O3/c14-7-3-4-8(9(15)6-7)12(18)17-10-2-1-5-16-11(10)13(19)20/h1-6H,(H,17,18)(H,19,20). The molecule has 102 valence electrons. The van der Waals surface area contributed by atoms with E-state index in [9.17, 15) is 18.4 Å². The van der Waals surface area contributed by atoms with Crippen LogP contribution in [0.3, 0.4) is 0 Å². The van der Waals surface area contributed by atoms with Gasteiger partial charge in [0, 0.05) is 12.3 Å². The third kappa shape index (κ3) is 2.77. The molecule has 1 aromatic carbocycles. The summed E-state index contributed by atoms with van der Waals surface area (Å²) in [7, 11) is 0. The van der Waals surface area contributed by atoms with Gasteiger partial charge in [-0.3, -0.25) is 4.79 Å². The van der Waals surface area contributed by atoms with Crippen LogP contribution < -0.4 is 5.32 Å². The topological polar surface area (TPSA) is 79.3 Å². The van der Waals surface area contributed by atoms with Crippen LogP contribution >= 0.6 is 0 Å². The van der Waals surface area contributed by atoms with Crippen molar-refractivity contribution in [3.8, 4) is 0 Å². The number of benzene rings is 1. The number of carboxylic acid groups (broad SMARTS) is 1. The second kappa shape index (κ2) is 5.43. The summed E-state index contributed by atoms with van der Waals surface area (Å²) in [5, 5.41) is 11.1. The van der Waals surface area contributed by atoms with E-state index in [2.05, 4.69) is 10.3 Å². The first-order chi connectivity index (χ1) is 9.49. The quantitative estimate of drug-likeness (QED) is 0.903. The van der Waals surface area contributed by atoms with Crippen LogP contribution in [0.15, 0.2) is 36.5 Å². The fourth-order valence-electron chi connectivity index (χ4n) is 1.54. The van der Waals surface area contributed by atoms with Crippen molar-refractivity contribution in [2.24, 2.45) is 0 Å². The van der Waals surface area contributed by atoms with Crippen molar-refractivity contribution in [2.45, 2.75) is 0 Å². The lowest BCUT2D eigenvalue weighted by Gasteiger charge is -2.08. The molecule has 0 fully saturated rings. The smallest absolute Gasteiger partial charge is 0.356 e. The molecule has 0 unspecified atom stereocenters. The third-order valence-corrected chi connectivity index (χ3v) is 2.43. The predicted molar refractivity (Wildman–Crippen MR) is 65.5 cm³/mol. The van der Waals surface area contributed by atoms with Crippen LogP contribution in [-0.4, -0.2) is 22.0 Å². The van der Waals surface area contributed by atoms with Crippen LogP contribution in [0.4, 0.5) is 14.5 Å². The summed E-state index contributed by atoms with van der Waals surface area (Å²) >= 11 is 0. The number of carbonyl (C=O) groups excluding carboxylic acids is 1. The van der Waals surface area contributed by atoms with Crippen LogP contribution in [0.2, 0.25) is 0 Å². The molecule has 0 atom stereocenters. The average Bonchev–Trinajstić information content (AvgIpc) is 2.38. The second-order valence-corrected chi connectivity index (χ2v) is 3.78. The third-order valence-electron chi connectivity index (χ3n) is 2.43. The number of aromatic carboxylic acids is 1. The highest BCUT2D eigenvalue weighted by molar-refractivity contribution is 6.07. The molecule has 1 amide bonds. The molecule has 0 saturated carbocycles. The number of hydrogen-bond donors (Lipinski definition) is 2. The van der Waals surface area contributed by atoms with Gasteiger partial charge in [0.2, 0.25) is 0 Å². The Balaban J connectivity index is 2.30. The molecule has 2 N–H and O–H groups in total. The van der Waals surface area contributed by atoms with Gasteiger partial charge in [-0.05, 0) is 24.3 Å². The van der Waals surface area contributed by atoms with Crippen molar-refractivity contribution in [3.05, 3.63) is 59.4 Å². The molecular weight excluding hydrogens is 270 g/mol. The minimum atomic E-state index is -1.33. The minimum Gasteiger partial charge on any atom is -0.476 e. The Morgan fingerprint density at radius 1 is 1.20 bits per heavy atom. The van der Waals surface area contributed by atoms with E-state index >= 15 is 0 Å². The lowest BCUT2D eigenvalue weighted by Crippen LogP contribution is -2.17. The number of carboxylic acids is 1. The Morgan fingerprint density at radius 2 is 1.95 bits per heavy atom. The summed E-state index contributed by atoms with van der Waals surface area (Å²) in [6, 6.07) is 5.20. The lowest BCUT2D eigenvalue weighted by atomic mass is 10.2. The average molecular weight is 278 g/mol. The maximum atomic E-state index is 13.4. The Bertz CT molecular complexity index is 689. The number of hydrogen-bond acceptors (Lipinski definition) is 3. The fourth-order valence-corrected chi connectivity index (χ4v) is 1.54. The molecule has 1 aromatic heterocycles. The van der Waals surface area contributed by atoms with Gasteiger partial charge in [-0.25, -0.2) is 18.6 Å². The molecule has 0 radical (unpaired) electrons. The number of anilines is 1. The van der Waals surface area contributed by atoms with Crippen molar-refractivity contribution >= 4 is 17.6 Å². The summed E-state index contributed by atoms with van der Waals surface area (Å²) in [6.45, 7) is 0. The molecule has 0 aliphatic carbocycles. The van der Waals surface area contributed by atoms with E-state index in [0.717, 1.165) is 12.1 Å². The monoisotopic (exact) mass is 278 g/mol. The van der Waals surface area contributed by atoms with E-state index in [1.807, 2.05) is 0 Å². The Morgan fingerprint density at radius 3 is 2.60 bits per heavy atom.